The van der Waals surface area contributed by atoms with Gasteiger partial charge in [0.15, 0.2) is 0 Å². The van der Waals surface area contributed by atoms with Gasteiger partial charge in [0.2, 0.25) is 0 Å². The third-order valence-electron chi connectivity index (χ3n) is 2.95. The number of nitrogens with zero attached hydrogens (tertiary/aromatic N) is 1. The lowest BCUT2D eigenvalue weighted by atomic mass is 10.1. The molecule has 0 amide bonds. The molecule has 0 atom stereocenters. The highest BCUT2D eigenvalue weighted by atomic mass is 32.2. The van der Waals surface area contributed by atoms with Crippen molar-refractivity contribution in [3.8, 4) is 0 Å². The average molecular weight is 284 g/mol. The maximum atomic E-state index is 14.0. The fraction of sp³-hybridized carbons (Fsp3) is 0.600. The molecule has 0 fully saturated rings. The number of nitrogens with one attached hydrogen (secondary N) is 1. The van der Waals surface area contributed by atoms with Crippen molar-refractivity contribution in [1.29, 1.82) is 0 Å². The second-order valence-corrected chi connectivity index (χ2v) is 6.17. The van der Waals surface area contributed by atoms with Crippen LogP contribution in [0.5, 0.6) is 0 Å². The molecule has 0 bridgehead atoms. The Labute approximate surface area is 120 Å². The molecule has 0 aliphatic rings. The van der Waals surface area contributed by atoms with E-state index in [0.717, 1.165) is 36.6 Å². The minimum absolute atomic E-state index is 0.132. The molecule has 0 spiro atoms. The highest BCUT2D eigenvalue weighted by molar-refractivity contribution is 7.98. The maximum Gasteiger partial charge on any atom is 0.146 e. The van der Waals surface area contributed by atoms with Gasteiger partial charge in [-0.05, 0) is 30.3 Å². The third kappa shape index (κ3) is 5.41. The molecule has 0 saturated carbocycles. The Kier molecular flexibility index (Phi) is 7.24. The van der Waals surface area contributed by atoms with Crippen molar-refractivity contribution in [2.75, 3.05) is 37.0 Å². The first-order chi connectivity index (χ1) is 9.06. The predicted octanol–water partition coefficient (Wildman–Crippen LogP) is 3.37. The van der Waals surface area contributed by atoms with Crippen molar-refractivity contribution in [2.45, 2.75) is 20.4 Å². The molecule has 2 nitrogen and oxygen atoms in total. The van der Waals surface area contributed by atoms with Crippen molar-refractivity contribution < 1.29 is 4.39 Å². The zero-order valence-electron chi connectivity index (χ0n) is 12.4. The van der Waals surface area contributed by atoms with Gasteiger partial charge in [0.1, 0.15) is 5.82 Å². The van der Waals surface area contributed by atoms with E-state index < -0.39 is 0 Å². The summed E-state index contributed by atoms with van der Waals surface area (Å²) in [6.45, 7) is 6.87. The van der Waals surface area contributed by atoms with E-state index in [1.165, 1.54) is 6.07 Å². The van der Waals surface area contributed by atoms with Crippen molar-refractivity contribution in [1.82, 2.24) is 5.32 Å². The van der Waals surface area contributed by atoms with E-state index in [-0.39, 0.29) is 5.82 Å². The van der Waals surface area contributed by atoms with Crippen LogP contribution in [0.4, 0.5) is 10.1 Å². The molecular weight excluding hydrogens is 259 g/mol. The van der Waals surface area contributed by atoms with Gasteiger partial charge in [-0.2, -0.15) is 11.8 Å². The molecule has 19 heavy (non-hydrogen) atoms. The van der Waals surface area contributed by atoms with Gasteiger partial charge in [0, 0.05) is 25.9 Å². The van der Waals surface area contributed by atoms with Crippen LogP contribution in [0.25, 0.3) is 0 Å². The Bertz CT molecular complexity index is 382. The molecule has 0 radical (unpaired) electrons. The lowest BCUT2D eigenvalue weighted by molar-refractivity contribution is 0.549. The van der Waals surface area contributed by atoms with Gasteiger partial charge in [-0.3, -0.25) is 0 Å². The van der Waals surface area contributed by atoms with E-state index in [2.05, 4.69) is 25.4 Å². The van der Waals surface area contributed by atoms with E-state index >= 15 is 0 Å². The first-order valence-corrected chi connectivity index (χ1v) is 8.13. The van der Waals surface area contributed by atoms with Gasteiger partial charge >= 0.3 is 0 Å². The second kappa shape index (κ2) is 8.43. The van der Waals surface area contributed by atoms with Gasteiger partial charge in [-0.15, -0.1) is 0 Å². The predicted molar refractivity (Wildman–Crippen MR) is 84.6 cm³/mol. The Morgan fingerprint density at radius 3 is 2.74 bits per heavy atom. The summed E-state index contributed by atoms with van der Waals surface area (Å²) in [5.41, 5.74) is 1.76. The first-order valence-electron chi connectivity index (χ1n) is 6.74. The van der Waals surface area contributed by atoms with Crippen molar-refractivity contribution in [3.63, 3.8) is 0 Å². The monoisotopic (exact) mass is 284 g/mol. The van der Waals surface area contributed by atoms with Crippen LogP contribution in [0.3, 0.4) is 0 Å². The molecule has 0 heterocycles. The number of rotatable bonds is 8. The third-order valence-corrected chi connectivity index (χ3v) is 3.54. The highest BCUT2D eigenvalue weighted by Gasteiger charge is 2.12. The summed E-state index contributed by atoms with van der Waals surface area (Å²) >= 11 is 1.78. The number of hydrogen-bond acceptors (Lipinski definition) is 3. The topological polar surface area (TPSA) is 15.3 Å². The largest absolute Gasteiger partial charge is 0.371 e. The number of halogens is 1. The Balaban J connectivity index is 2.76. The molecule has 1 aromatic carbocycles. The summed E-state index contributed by atoms with van der Waals surface area (Å²) in [5.74, 6) is 1.47. The van der Waals surface area contributed by atoms with E-state index in [0.29, 0.717) is 5.92 Å². The molecule has 0 aliphatic heterocycles. The van der Waals surface area contributed by atoms with E-state index in [1.807, 2.05) is 18.0 Å². The number of benzene rings is 1. The van der Waals surface area contributed by atoms with Crippen LogP contribution in [-0.4, -0.2) is 32.1 Å². The van der Waals surface area contributed by atoms with Crippen LogP contribution in [-0.2, 0) is 6.54 Å². The first kappa shape index (κ1) is 16.3. The number of hydrogen-bond donors (Lipinski definition) is 1. The van der Waals surface area contributed by atoms with Crippen molar-refractivity contribution in [3.05, 3.63) is 29.6 Å². The summed E-state index contributed by atoms with van der Waals surface area (Å²) in [7, 11) is 1.96. The van der Waals surface area contributed by atoms with Crippen LogP contribution in [0.2, 0.25) is 0 Å². The smallest absolute Gasteiger partial charge is 0.146 e. The van der Waals surface area contributed by atoms with Crippen LogP contribution >= 0.6 is 11.8 Å². The Hall–Kier alpha value is -0.740. The molecule has 1 aromatic rings. The molecule has 1 rings (SSSR count). The maximum absolute atomic E-state index is 14.0. The molecule has 0 aromatic heterocycles. The standard InChI is InChI=1S/C15H25FN2S/c1-12(2)10-17-11-13-6-5-7-14(16)15(13)18(3)8-9-19-4/h5-7,12,17H,8-11H2,1-4H3. The molecular formula is C15H25FN2S. The summed E-state index contributed by atoms with van der Waals surface area (Å²) < 4.78 is 14.0. The molecule has 4 heteroatoms. The zero-order valence-corrected chi connectivity index (χ0v) is 13.2. The molecule has 1 N–H and O–H groups in total. The fourth-order valence-corrected chi connectivity index (χ4v) is 2.42. The summed E-state index contributed by atoms with van der Waals surface area (Å²) in [4.78, 5) is 2.01. The van der Waals surface area contributed by atoms with E-state index in [1.54, 1.807) is 17.8 Å². The van der Waals surface area contributed by atoms with Crippen LogP contribution < -0.4 is 10.2 Å². The van der Waals surface area contributed by atoms with Gasteiger partial charge < -0.3 is 10.2 Å². The Morgan fingerprint density at radius 1 is 1.37 bits per heavy atom. The normalized spacial score (nSPS) is 11.1. The van der Waals surface area contributed by atoms with Gasteiger partial charge in [0.05, 0.1) is 5.69 Å². The number of thioether (sulfide) groups is 1. The van der Waals surface area contributed by atoms with Crippen molar-refractivity contribution >= 4 is 17.4 Å². The minimum Gasteiger partial charge on any atom is -0.371 e. The second-order valence-electron chi connectivity index (χ2n) is 5.19. The van der Waals surface area contributed by atoms with Gasteiger partial charge in [-0.1, -0.05) is 26.0 Å². The summed E-state index contributed by atoms with van der Waals surface area (Å²) in [6, 6.07) is 5.33. The highest BCUT2D eigenvalue weighted by Crippen LogP contribution is 2.23. The summed E-state index contributed by atoms with van der Waals surface area (Å²) in [5, 5.41) is 3.38. The average Bonchev–Trinajstić information content (AvgIpc) is 2.35. The quantitative estimate of drug-likeness (QED) is 0.788. The zero-order chi connectivity index (χ0) is 14.3. The molecule has 0 aliphatic carbocycles. The minimum atomic E-state index is -0.132. The SMILES string of the molecule is CSCCN(C)c1c(F)cccc1CNCC(C)C. The van der Waals surface area contributed by atoms with Crippen LogP contribution in [0.15, 0.2) is 18.2 Å². The molecule has 0 saturated heterocycles. The van der Waals surface area contributed by atoms with Crippen molar-refractivity contribution in [2.24, 2.45) is 5.92 Å². The van der Waals surface area contributed by atoms with Crippen LogP contribution in [0.1, 0.15) is 19.4 Å². The number of anilines is 1. The lowest BCUT2D eigenvalue weighted by Crippen LogP contribution is -2.25. The Morgan fingerprint density at radius 2 is 2.11 bits per heavy atom. The summed E-state index contributed by atoms with van der Waals surface area (Å²) in [6.07, 6.45) is 2.07. The van der Waals surface area contributed by atoms with E-state index in [9.17, 15) is 4.39 Å². The fourth-order valence-electron chi connectivity index (χ4n) is 1.97. The molecule has 108 valence electrons. The van der Waals surface area contributed by atoms with E-state index in [4.69, 9.17) is 0 Å². The lowest BCUT2D eigenvalue weighted by Gasteiger charge is -2.23. The number of para-hydroxylation sites is 1. The van der Waals surface area contributed by atoms with Gasteiger partial charge in [-0.25, -0.2) is 4.39 Å². The van der Waals surface area contributed by atoms with Crippen LogP contribution in [0, 0.1) is 11.7 Å². The van der Waals surface area contributed by atoms with Gasteiger partial charge in [0.25, 0.3) is 0 Å². The molecule has 0 unspecified atom stereocenters.